The number of carbonyl (C=O) groups is 1. The summed E-state index contributed by atoms with van der Waals surface area (Å²) in [5.41, 5.74) is 0.925. The molecule has 0 aliphatic carbocycles. The van der Waals surface area contributed by atoms with Crippen LogP contribution >= 0.6 is 0 Å². The van der Waals surface area contributed by atoms with Crippen molar-refractivity contribution in [2.75, 3.05) is 6.61 Å². The second-order valence-corrected chi connectivity index (χ2v) is 4.17. The fourth-order valence-electron chi connectivity index (χ4n) is 1.91. The lowest BCUT2D eigenvalue weighted by molar-refractivity contribution is -0.123. The number of benzene rings is 1. The van der Waals surface area contributed by atoms with Crippen molar-refractivity contribution in [3.63, 3.8) is 0 Å². The van der Waals surface area contributed by atoms with Gasteiger partial charge >= 0.3 is 0 Å². The number of ether oxygens (including phenoxy) is 1. The van der Waals surface area contributed by atoms with Gasteiger partial charge in [-0.15, -0.1) is 0 Å². The van der Waals surface area contributed by atoms with Gasteiger partial charge < -0.3 is 10.1 Å². The first-order chi connectivity index (χ1) is 8.22. The largest absolute Gasteiger partial charge is 0.492 e. The number of fused-ring (bicyclic) bond motifs is 1. The van der Waals surface area contributed by atoms with Crippen LogP contribution in [0.4, 0.5) is 0 Å². The molecule has 1 aromatic rings. The van der Waals surface area contributed by atoms with Crippen LogP contribution in [0, 0.1) is 11.3 Å². The van der Waals surface area contributed by atoms with Crippen molar-refractivity contribution < 1.29 is 9.53 Å². The molecule has 0 saturated carbocycles. The van der Waals surface area contributed by atoms with Crippen molar-refractivity contribution in [1.82, 2.24) is 5.32 Å². The van der Waals surface area contributed by atoms with Gasteiger partial charge in [-0.25, -0.2) is 0 Å². The molecule has 4 heteroatoms. The monoisotopic (exact) mass is 230 g/mol. The van der Waals surface area contributed by atoms with Gasteiger partial charge in [0.05, 0.1) is 12.5 Å². The molecule has 1 heterocycles. The van der Waals surface area contributed by atoms with Gasteiger partial charge in [0.15, 0.2) is 0 Å². The fraction of sp³-hybridized carbons (Fsp3) is 0.385. The van der Waals surface area contributed by atoms with Crippen molar-refractivity contribution in [3.05, 3.63) is 29.8 Å². The number of nitrogens with one attached hydrogen (secondary N) is 1. The molecule has 2 rings (SSSR count). The van der Waals surface area contributed by atoms with Crippen LogP contribution in [0.5, 0.6) is 5.75 Å². The Morgan fingerprint density at radius 1 is 1.65 bits per heavy atom. The number of carbonyl (C=O) groups excluding carboxylic acids is 1. The number of nitriles is 1. The van der Waals surface area contributed by atoms with Gasteiger partial charge in [0.1, 0.15) is 18.3 Å². The normalized spacial score (nSPS) is 18.7. The Bertz CT molecular complexity index is 465. The van der Waals surface area contributed by atoms with Crippen molar-refractivity contribution in [2.24, 2.45) is 0 Å². The van der Waals surface area contributed by atoms with Crippen LogP contribution in [0.25, 0.3) is 0 Å². The van der Waals surface area contributed by atoms with Gasteiger partial charge in [-0.05, 0) is 13.0 Å². The number of hydrogen-bond donors (Lipinski definition) is 1. The summed E-state index contributed by atoms with van der Waals surface area (Å²) in [6, 6.07) is 9.46. The zero-order chi connectivity index (χ0) is 12.3. The average molecular weight is 230 g/mol. The molecule has 0 saturated heterocycles. The van der Waals surface area contributed by atoms with E-state index in [1.807, 2.05) is 37.3 Å². The lowest BCUT2D eigenvalue weighted by Crippen LogP contribution is -2.36. The second-order valence-electron chi connectivity index (χ2n) is 4.17. The molecule has 0 bridgehead atoms. The fourth-order valence-corrected chi connectivity index (χ4v) is 1.91. The first-order valence-electron chi connectivity index (χ1n) is 5.61. The van der Waals surface area contributed by atoms with Crippen molar-refractivity contribution in [3.8, 4) is 11.8 Å². The second kappa shape index (κ2) is 4.88. The van der Waals surface area contributed by atoms with Crippen LogP contribution in [0.1, 0.15) is 24.8 Å². The summed E-state index contributed by atoms with van der Waals surface area (Å²) in [6.45, 7) is 2.20. The highest BCUT2D eigenvalue weighted by molar-refractivity contribution is 5.85. The molecule has 0 unspecified atom stereocenters. The van der Waals surface area contributed by atoms with E-state index in [9.17, 15) is 4.79 Å². The molecule has 88 valence electrons. The zero-order valence-electron chi connectivity index (χ0n) is 9.64. The van der Waals surface area contributed by atoms with E-state index in [0.29, 0.717) is 13.0 Å². The van der Waals surface area contributed by atoms with Crippen LogP contribution in [0.3, 0.4) is 0 Å². The lowest BCUT2D eigenvalue weighted by atomic mass is 10.00. The molecule has 2 atom stereocenters. The summed E-state index contributed by atoms with van der Waals surface area (Å²) in [6.07, 6.45) is 0.320. The number of amides is 1. The summed E-state index contributed by atoms with van der Waals surface area (Å²) >= 11 is 0. The Morgan fingerprint density at radius 3 is 3.18 bits per heavy atom. The number of hydrogen-bond acceptors (Lipinski definition) is 3. The summed E-state index contributed by atoms with van der Waals surface area (Å²) < 4.78 is 5.45. The first kappa shape index (κ1) is 11.5. The third-order valence-electron chi connectivity index (χ3n) is 2.80. The third kappa shape index (κ3) is 2.39. The minimum atomic E-state index is -0.257. The van der Waals surface area contributed by atoms with E-state index in [2.05, 4.69) is 5.32 Å². The van der Waals surface area contributed by atoms with E-state index in [1.165, 1.54) is 0 Å². The van der Waals surface area contributed by atoms with Gasteiger partial charge in [0.25, 0.3) is 0 Å². The summed E-state index contributed by atoms with van der Waals surface area (Å²) in [5.74, 6) is 0.450. The zero-order valence-corrected chi connectivity index (χ0v) is 9.64. The lowest BCUT2D eigenvalue weighted by Gasteiger charge is -2.14. The summed E-state index contributed by atoms with van der Waals surface area (Å²) in [4.78, 5) is 12.0. The maximum absolute atomic E-state index is 12.0. The van der Waals surface area contributed by atoms with Crippen molar-refractivity contribution >= 4 is 5.91 Å². The molecule has 0 spiro atoms. The van der Waals surface area contributed by atoms with E-state index in [4.69, 9.17) is 10.00 Å². The molecule has 0 aromatic heterocycles. The van der Waals surface area contributed by atoms with Crippen molar-refractivity contribution in [2.45, 2.75) is 25.3 Å². The molecule has 0 fully saturated rings. The highest BCUT2D eigenvalue weighted by atomic mass is 16.5. The standard InChI is InChI=1S/C13H14N2O2/c1-9(6-7-14)15-13(16)11-8-17-12-5-3-2-4-10(11)12/h2-5,9,11H,6,8H2,1H3,(H,15,16)/t9-,11+/m1/s1. The maximum Gasteiger partial charge on any atom is 0.231 e. The van der Waals surface area contributed by atoms with E-state index in [1.54, 1.807) is 0 Å². The molecular weight excluding hydrogens is 216 g/mol. The summed E-state index contributed by atoms with van der Waals surface area (Å²) in [5, 5.41) is 11.4. The topological polar surface area (TPSA) is 62.1 Å². The molecule has 1 amide bonds. The van der Waals surface area contributed by atoms with Crippen molar-refractivity contribution in [1.29, 1.82) is 5.26 Å². The first-order valence-corrected chi connectivity index (χ1v) is 5.61. The van der Waals surface area contributed by atoms with E-state index < -0.39 is 0 Å². The Balaban J connectivity index is 2.06. The van der Waals surface area contributed by atoms with Gasteiger partial charge in [0.2, 0.25) is 5.91 Å². The molecule has 17 heavy (non-hydrogen) atoms. The van der Waals surface area contributed by atoms with E-state index >= 15 is 0 Å². The van der Waals surface area contributed by atoms with Gasteiger partial charge in [-0.1, -0.05) is 18.2 Å². The highest BCUT2D eigenvalue weighted by Crippen LogP contribution is 2.33. The van der Waals surface area contributed by atoms with Crippen LogP contribution in [-0.4, -0.2) is 18.6 Å². The molecule has 4 nitrogen and oxygen atoms in total. The van der Waals surface area contributed by atoms with Crippen LogP contribution in [0.15, 0.2) is 24.3 Å². The molecule has 1 N–H and O–H groups in total. The van der Waals surface area contributed by atoms with E-state index in [-0.39, 0.29) is 17.9 Å². The maximum atomic E-state index is 12.0. The number of nitrogens with zero attached hydrogens (tertiary/aromatic N) is 1. The van der Waals surface area contributed by atoms with Crippen LogP contribution in [-0.2, 0) is 4.79 Å². The third-order valence-corrected chi connectivity index (χ3v) is 2.80. The summed E-state index contributed by atoms with van der Waals surface area (Å²) in [7, 11) is 0. The predicted molar refractivity (Wildman–Crippen MR) is 62.5 cm³/mol. The van der Waals surface area contributed by atoms with Crippen LogP contribution in [0.2, 0.25) is 0 Å². The number of rotatable bonds is 3. The van der Waals surface area contributed by atoms with Crippen LogP contribution < -0.4 is 10.1 Å². The highest BCUT2D eigenvalue weighted by Gasteiger charge is 2.30. The predicted octanol–water partition coefficient (Wildman–Crippen LogP) is 1.58. The average Bonchev–Trinajstić information content (AvgIpc) is 2.72. The Kier molecular flexibility index (Phi) is 3.29. The molecule has 0 radical (unpaired) electrons. The quantitative estimate of drug-likeness (QED) is 0.857. The Morgan fingerprint density at radius 2 is 2.41 bits per heavy atom. The van der Waals surface area contributed by atoms with Gasteiger partial charge in [-0.2, -0.15) is 5.26 Å². The molecule has 1 aliphatic heterocycles. The van der Waals surface area contributed by atoms with Gasteiger partial charge in [-0.3, -0.25) is 4.79 Å². The molecule has 1 aromatic carbocycles. The molecular formula is C13H14N2O2. The minimum absolute atomic E-state index is 0.0716. The Labute approximate surface area is 100 Å². The Hall–Kier alpha value is -2.02. The minimum Gasteiger partial charge on any atom is -0.492 e. The smallest absolute Gasteiger partial charge is 0.231 e. The molecule has 1 aliphatic rings. The number of para-hydroxylation sites is 1. The van der Waals surface area contributed by atoms with E-state index in [0.717, 1.165) is 11.3 Å². The SMILES string of the molecule is C[C@H](CC#N)NC(=O)[C@H]1COc2ccccc21. The van der Waals surface area contributed by atoms with Gasteiger partial charge in [0, 0.05) is 11.6 Å².